The van der Waals surface area contributed by atoms with Crippen LogP contribution < -0.4 is 8.92 Å². The summed E-state index contributed by atoms with van der Waals surface area (Å²) in [6.45, 7) is 6.14. The normalized spacial score (nSPS) is 12.5. The highest BCUT2D eigenvalue weighted by Crippen LogP contribution is 2.23. The SMILES string of the molecule is CCCCOc1ccc(S(=O)(=O)Oc2cccc(CC(OC(C)C)C(=O)O)c2)cc1. The Labute approximate surface area is 177 Å². The van der Waals surface area contributed by atoms with E-state index in [4.69, 9.17) is 13.7 Å². The van der Waals surface area contributed by atoms with Crippen LogP contribution in [-0.2, 0) is 26.1 Å². The van der Waals surface area contributed by atoms with E-state index < -0.39 is 22.2 Å². The first kappa shape index (κ1) is 23.7. The molecule has 7 nitrogen and oxygen atoms in total. The summed E-state index contributed by atoms with van der Waals surface area (Å²) < 4.78 is 41.3. The third kappa shape index (κ3) is 7.35. The molecule has 0 bridgehead atoms. The monoisotopic (exact) mass is 436 g/mol. The quantitative estimate of drug-likeness (QED) is 0.396. The van der Waals surface area contributed by atoms with Crippen LogP contribution in [0.15, 0.2) is 53.4 Å². The molecule has 0 fully saturated rings. The van der Waals surface area contributed by atoms with E-state index in [9.17, 15) is 18.3 Å². The van der Waals surface area contributed by atoms with Crippen LogP contribution in [0, 0.1) is 0 Å². The van der Waals surface area contributed by atoms with Crippen LogP contribution in [0.25, 0.3) is 0 Å². The first-order valence-corrected chi connectivity index (χ1v) is 11.3. The van der Waals surface area contributed by atoms with Gasteiger partial charge in [-0.1, -0.05) is 25.5 Å². The van der Waals surface area contributed by atoms with Crippen molar-refractivity contribution in [2.75, 3.05) is 6.61 Å². The van der Waals surface area contributed by atoms with Crippen molar-refractivity contribution in [2.45, 2.75) is 57.1 Å². The molecule has 0 saturated carbocycles. The molecule has 0 amide bonds. The van der Waals surface area contributed by atoms with Crippen molar-refractivity contribution < 1.29 is 32.0 Å². The van der Waals surface area contributed by atoms with Gasteiger partial charge in [0.2, 0.25) is 0 Å². The molecule has 30 heavy (non-hydrogen) atoms. The molecule has 0 radical (unpaired) electrons. The number of ether oxygens (including phenoxy) is 2. The van der Waals surface area contributed by atoms with E-state index in [-0.39, 0.29) is 23.2 Å². The van der Waals surface area contributed by atoms with Crippen molar-refractivity contribution >= 4 is 16.1 Å². The van der Waals surface area contributed by atoms with E-state index in [1.54, 1.807) is 38.1 Å². The van der Waals surface area contributed by atoms with Gasteiger partial charge in [-0.2, -0.15) is 8.42 Å². The first-order valence-electron chi connectivity index (χ1n) is 9.86. The summed E-state index contributed by atoms with van der Waals surface area (Å²) in [6.07, 6.45) is 0.742. The summed E-state index contributed by atoms with van der Waals surface area (Å²) in [5.74, 6) is -0.386. The van der Waals surface area contributed by atoms with Gasteiger partial charge in [0.1, 0.15) is 16.4 Å². The summed E-state index contributed by atoms with van der Waals surface area (Å²) in [4.78, 5) is 11.4. The minimum absolute atomic E-state index is 0.00213. The lowest BCUT2D eigenvalue weighted by Gasteiger charge is -2.17. The number of benzene rings is 2. The highest BCUT2D eigenvalue weighted by atomic mass is 32.2. The van der Waals surface area contributed by atoms with Gasteiger partial charge in [0.25, 0.3) is 0 Å². The highest BCUT2D eigenvalue weighted by molar-refractivity contribution is 7.87. The number of rotatable bonds is 12. The molecule has 2 aromatic rings. The molecule has 0 aliphatic heterocycles. The summed E-state index contributed by atoms with van der Waals surface area (Å²) in [5, 5.41) is 9.32. The van der Waals surface area contributed by atoms with Gasteiger partial charge >= 0.3 is 16.1 Å². The number of aliphatic carboxylic acids is 1. The Kier molecular flexibility index (Phi) is 8.68. The maximum atomic E-state index is 12.6. The Bertz CT molecular complexity index is 921. The van der Waals surface area contributed by atoms with Crippen LogP contribution in [-0.4, -0.2) is 38.3 Å². The topological polar surface area (TPSA) is 99.1 Å². The lowest BCUT2D eigenvalue weighted by molar-refractivity contribution is -0.153. The standard InChI is InChI=1S/C22H28O7S/c1-4-5-13-27-18-9-11-20(12-10-18)30(25,26)29-19-8-6-7-17(14-19)15-21(22(23)24)28-16(2)3/h6-12,14,16,21H,4-5,13,15H2,1-3H3,(H,23,24). The van der Waals surface area contributed by atoms with Gasteiger partial charge in [-0.15, -0.1) is 0 Å². The molecule has 1 unspecified atom stereocenters. The maximum Gasteiger partial charge on any atom is 0.339 e. The Morgan fingerprint density at radius 1 is 1.07 bits per heavy atom. The Balaban J connectivity index is 2.09. The lowest BCUT2D eigenvalue weighted by atomic mass is 10.1. The minimum atomic E-state index is -4.04. The first-order chi connectivity index (χ1) is 14.2. The zero-order chi connectivity index (χ0) is 22.1. The zero-order valence-electron chi connectivity index (χ0n) is 17.4. The molecule has 0 aromatic heterocycles. The van der Waals surface area contributed by atoms with E-state index in [0.717, 1.165) is 12.8 Å². The summed E-state index contributed by atoms with van der Waals surface area (Å²) in [6, 6.07) is 12.3. The Morgan fingerprint density at radius 3 is 2.37 bits per heavy atom. The fourth-order valence-electron chi connectivity index (χ4n) is 2.67. The fourth-order valence-corrected chi connectivity index (χ4v) is 3.59. The van der Waals surface area contributed by atoms with E-state index in [1.807, 2.05) is 0 Å². The highest BCUT2D eigenvalue weighted by Gasteiger charge is 2.21. The van der Waals surface area contributed by atoms with Crippen molar-refractivity contribution in [3.8, 4) is 11.5 Å². The van der Waals surface area contributed by atoms with Crippen LogP contribution in [0.4, 0.5) is 0 Å². The molecule has 0 saturated heterocycles. The van der Waals surface area contributed by atoms with Gasteiger partial charge < -0.3 is 18.8 Å². The van der Waals surface area contributed by atoms with E-state index >= 15 is 0 Å². The van der Waals surface area contributed by atoms with Crippen molar-refractivity contribution in [2.24, 2.45) is 0 Å². The number of hydrogen-bond acceptors (Lipinski definition) is 6. The van der Waals surface area contributed by atoms with Gasteiger partial charge in [-0.25, -0.2) is 4.79 Å². The second-order valence-electron chi connectivity index (χ2n) is 7.07. The average molecular weight is 437 g/mol. The predicted molar refractivity (Wildman–Crippen MR) is 112 cm³/mol. The molecule has 1 atom stereocenters. The van der Waals surface area contributed by atoms with E-state index in [0.29, 0.717) is 17.9 Å². The summed E-state index contributed by atoms with van der Waals surface area (Å²) >= 11 is 0. The van der Waals surface area contributed by atoms with Crippen molar-refractivity contribution in [3.63, 3.8) is 0 Å². The second kappa shape index (κ2) is 11.0. The molecular formula is C22H28O7S. The van der Waals surface area contributed by atoms with E-state index in [2.05, 4.69) is 6.92 Å². The molecule has 0 heterocycles. The van der Waals surface area contributed by atoms with Crippen molar-refractivity contribution in [1.29, 1.82) is 0 Å². The smallest absolute Gasteiger partial charge is 0.339 e. The van der Waals surface area contributed by atoms with Crippen LogP contribution >= 0.6 is 0 Å². The van der Waals surface area contributed by atoms with Crippen LogP contribution in [0.1, 0.15) is 39.2 Å². The predicted octanol–water partition coefficient (Wildman–Crippen LogP) is 4.05. The largest absolute Gasteiger partial charge is 0.494 e. The molecule has 1 N–H and O–H groups in total. The molecule has 2 aromatic carbocycles. The molecule has 0 aliphatic rings. The fraction of sp³-hybridized carbons (Fsp3) is 0.409. The Hall–Kier alpha value is -2.58. The van der Waals surface area contributed by atoms with Crippen molar-refractivity contribution in [3.05, 3.63) is 54.1 Å². The van der Waals surface area contributed by atoms with Gasteiger partial charge in [0.05, 0.1) is 12.7 Å². The molecule has 0 aliphatic carbocycles. The van der Waals surface area contributed by atoms with Crippen molar-refractivity contribution in [1.82, 2.24) is 0 Å². The average Bonchev–Trinajstić information content (AvgIpc) is 2.67. The van der Waals surface area contributed by atoms with Crippen LogP contribution in [0.5, 0.6) is 11.5 Å². The minimum Gasteiger partial charge on any atom is -0.494 e. The summed E-state index contributed by atoms with van der Waals surface area (Å²) in [5.41, 5.74) is 0.593. The van der Waals surface area contributed by atoms with Crippen LogP contribution in [0.3, 0.4) is 0 Å². The van der Waals surface area contributed by atoms with Gasteiger partial charge in [0.15, 0.2) is 6.10 Å². The molecule has 164 valence electrons. The van der Waals surface area contributed by atoms with Gasteiger partial charge in [-0.05, 0) is 62.2 Å². The number of carboxylic acids is 1. The maximum absolute atomic E-state index is 12.6. The van der Waals surface area contributed by atoms with E-state index in [1.165, 1.54) is 24.3 Å². The summed E-state index contributed by atoms with van der Waals surface area (Å²) in [7, 11) is -4.04. The number of hydrogen-bond donors (Lipinski definition) is 1. The Morgan fingerprint density at radius 2 is 1.77 bits per heavy atom. The third-order valence-corrected chi connectivity index (χ3v) is 5.38. The van der Waals surface area contributed by atoms with Gasteiger partial charge in [-0.3, -0.25) is 0 Å². The molecular weight excluding hydrogens is 408 g/mol. The lowest BCUT2D eigenvalue weighted by Crippen LogP contribution is -2.29. The third-order valence-electron chi connectivity index (χ3n) is 4.12. The second-order valence-corrected chi connectivity index (χ2v) is 8.62. The zero-order valence-corrected chi connectivity index (χ0v) is 18.2. The number of carbonyl (C=O) groups is 1. The number of carboxylic acid groups (broad SMARTS) is 1. The van der Waals surface area contributed by atoms with Gasteiger partial charge in [0, 0.05) is 6.42 Å². The molecule has 0 spiro atoms. The number of unbranched alkanes of at least 4 members (excludes halogenated alkanes) is 1. The van der Waals surface area contributed by atoms with Crippen LogP contribution in [0.2, 0.25) is 0 Å². The molecule has 2 rings (SSSR count). The molecule has 8 heteroatoms.